The van der Waals surface area contributed by atoms with E-state index >= 15 is 0 Å². The highest BCUT2D eigenvalue weighted by molar-refractivity contribution is 4.98. The van der Waals surface area contributed by atoms with E-state index in [1.807, 2.05) is 12.1 Å². The maximum atomic E-state index is 5.36. The van der Waals surface area contributed by atoms with E-state index in [2.05, 4.69) is 24.2 Å². The smallest absolute Gasteiger partial charge is 0.117 e. The van der Waals surface area contributed by atoms with Crippen molar-refractivity contribution < 1.29 is 9.15 Å². The first-order valence-corrected chi connectivity index (χ1v) is 6.20. The van der Waals surface area contributed by atoms with Crippen LogP contribution in [0.2, 0.25) is 0 Å². The number of ether oxygens (including phenoxy) is 1. The van der Waals surface area contributed by atoms with Gasteiger partial charge in [-0.25, -0.2) is 0 Å². The number of furan rings is 1. The van der Waals surface area contributed by atoms with Gasteiger partial charge in [0.25, 0.3) is 0 Å². The molecular formula is C13H24N2O2. The summed E-state index contributed by atoms with van der Waals surface area (Å²) in [6.45, 7) is 5.71. The lowest BCUT2D eigenvalue weighted by Gasteiger charge is -2.27. The highest BCUT2D eigenvalue weighted by Gasteiger charge is 2.15. The number of nitrogens with one attached hydrogen (secondary N) is 1. The van der Waals surface area contributed by atoms with E-state index in [0.717, 1.165) is 38.4 Å². The lowest BCUT2D eigenvalue weighted by atomic mass is 10.2. The molecule has 0 radical (unpaired) electrons. The van der Waals surface area contributed by atoms with Gasteiger partial charge >= 0.3 is 0 Å². The second kappa shape index (κ2) is 8.28. The zero-order chi connectivity index (χ0) is 12.5. The lowest BCUT2D eigenvalue weighted by molar-refractivity contribution is 0.0973. The molecular weight excluding hydrogens is 216 g/mol. The van der Waals surface area contributed by atoms with E-state index < -0.39 is 0 Å². The zero-order valence-corrected chi connectivity index (χ0v) is 11.1. The van der Waals surface area contributed by atoms with Crippen LogP contribution < -0.4 is 5.32 Å². The molecule has 17 heavy (non-hydrogen) atoms. The highest BCUT2D eigenvalue weighted by Crippen LogP contribution is 2.07. The van der Waals surface area contributed by atoms with Crippen LogP contribution in [0.15, 0.2) is 22.8 Å². The van der Waals surface area contributed by atoms with Crippen molar-refractivity contribution in [2.45, 2.75) is 25.9 Å². The van der Waals surface area contributed by atoms with Crippen LogP contribution in [0, 0.1) is 0 Å². The number of hydrogen-bond acceptors (Lipinski definition) is 4. The molecule has 0 bridgehead atoms. The van der Waals surface area contributed by atoms with Gasteiger partial charge in [-0.2, -0.15) is 0 Å². The molecule has 0 aliphatic rings. The van der Waals surface area contributed by atoms with E-state index in [1.54, 1.807) is 13.4 Å². The Labute approximate surface area is 104 Å². The first kappa shape index (κ1) is 14.2. The molecule has 1 N–H and O–H groups in total. The van der Waals surface area contributed by atoms with E-state index in [1.165, 1.54) is 0 Å². The third kappa shape index (κ3) is 5.35. The normalized spacial score (nSPS) is 13.2. The van der Waals surface area contributed by atoms with Crippen molar-refractivity contribution in [3.8, 4) is 0 Å². The SMILES string of the molecule is CCCNCC(COC)N(C)Cc1ccco1. The maximum absolute atomic E-state index is 5.36. The summed E-state index contributed by atoms with van der Waals surface area (Å²) >= 11 is 0. The lowest BCUT2D eigenvalue weighted by Crippen LogP contribution is -2.42. The average molecular weight is 240 g/mol. The molecule has 1 aromatic heterocycles. The van der Waals surface area contributed by atoms with Crippen LogP contribution in [0.5, 0.6) is 0 Å². The van der Waals surface area contributed by atoms with Crippen LogP contribution in [-0.4, -0.2) is 44.8 Å². The molecule has 4 nitrogen and oxygen atoms in total. The summed E-state index contributed by atoms with van der Waals surface area (Å²) in [5.41, 5.74) is 0. The first-order chi connectivity index (χ1) is 8.27. The Morgan fingerprint density at radius 3 is 2.94 bits per heavy atom. The highest BCUT2D eigenvalue weighted by atomic mass is 16.5. The first-order valence-electron chi connectivity index (χ1n) is 6.20. The van der Waals surface area contributed by atoms with E-state index in [0.29, 0.717) is 6.04 Å². The Bertz CT molecular complexity index is 275. The van der Waals surface area contributed by atoms with Crippen LogP contribution in [-0.2, 0) is 11.3 Å². The van der Waals surface area contributed by atoms with Gasteiger partial charge in [-0.1, -0.05) is 6.92 Å². The van der Waals surface area contributed by atoms with Crippen LogP contribution in [0.1, 0.15) is 19.1 Å². The number of likely N-dealkylation sites (N-methyl/N-ethyl adjacent to an activating group) is 1. The predicted octanol–water partition coefficient (Wildman–Crippen LogP) is 1.73. The van der Waals surface area contributed by atoms with Crippen LogP contribution in [0.3, 0.4) is 0 Å². The topological polar surface area (TPSA) is 37.6 Å². The van der Waals surface area contributed by atoms with Gasteiger partial charge in [0.15, 0.2) is 0 Å². The quantitative estimate of drug-likeness (QED) is 0.667. The molecule has 0 spiro atoms. The molecule has 1 heterocycles. The fourth-order valence-electron chi connectivity index (χ4n) is 1.76. The van der Waals surface area contributed by atoms with Crippen LogP contribution in [0.25, 0.3) is 0 Å². The fourth-order valence-corrected chi connectivity index (χ4v) is 1.76. The average Bonchev–Trinajstić information content (AvgIpc) is 2.81. The van der Waals surface area contributed by atoms with E-state index in [9.17, 15) is 0 Å². The summed E-state index contributed by atoms with van der Waals surface area (Å²) in [6.07, 6.45) is 2.87. The molecule has 0 aromatic carbocycles. The van der Waals surface area contributed by atoms with Crippen molar-refractivity contribution in [2.24, 2.45) is 0 Å². The monoisotopic (exact) mass is 240 g/mol. The molecule has 0 saturated heterocycles. The molecule has 1 atom stereocenters. The second-order valence-corrected chi connectivity index (χ2v) is 4.31. The summed E-state index contributed by atoms with van der Waals surface area (Å²) in [7, 11) is 3.84. The minimum atomic E-state index is 0.372. The predicted molar refractivity (Wildman–Crippen MR) is 69.0 cm³/mol. The zero-order valence-electron chi connectivity index (χ0n) is 11.1. The third-order valence-corrected chi connectivity index (χ3v) is 2.77. The number of methoxy groups -OCH3 is 1. The molecule has 0 aliphatic heterocycles. The van der Waals surface area contributed by atoms with Gasteiger partial charge in [0.05, 0.1) is 19.4 Å². The second-order valence-electron chi connectivity index (χ2n) is 4.31. The van der Waals surface area contributed by atoms with Crippen molar-refractivity contribution in [1.29, 1.82) is 0 Å². The van der Waals surface area contributed by atoms with Crippen molar-refractivity contribution in [1.82, 2.24) is 10.2 Å². The molecule has 0 amide bonds. The standard InChI is InChI=1S/C13H24N2O2/c1-4-7-14-9-12(11-16-3)15(2)10-13-6-5-8-17-13/h5-6,8,12,14H,4,7,9-11H2,1-3H3. The van der Waals surface area contributed by atoms with Gasteiger partial charge in [-0.3, -0.25) is 4.90 Å². The summed E-state index contributed by atoms with van der Waals surface area (Å²) in [5, 5.41) is 3.43. The Morgan fingerprint density at radius 2 is 2.35 bits per heavy atom. The molecule has 98 valence electrons. The maximum Gasteiger partial charge on any atom is 0.117 e. The minimum absolute atomic E-state index is 0.372. The summed E-state index contributed by atoms with van der Waals surface area (Å²) < 4.78 is 10.6. The summed E-state index contributed by atoms with van der Waals surface area (Å²) in [5.74, 6) is 0.990. The molecule has 0 saturated carbocycles. The number of hydrogen-bond donors (Lipinski definition) is 1. The van der Waals surface area contributed by atoms with Gasteiger partial charge in [-0.15, -0.1) is 0 Å². The van der Waals surface area contributed by atoms with Crippen molar-refractivity contribution in [2.75, 3.05) is 33.9 Å². The van der Waals surface area contributed by atoms with Crippen molar-refractivity contribution in [3.63, 3.8) is 0 Å². The summed E-state index contributed by atoms with van der Waals surface area (Å²) in [6, 6.07) is 4.29. The van der Waals surface area contributed by atoms with E-state index in [4.69, 9.17) is 9.15 Å². The number of nitrogens with zero attached hydrogens (tertiary/aromatic N) is 1. The largest absolute Gasteiger partial charge is 0.468 e. The van der Waals surface area contributed by atoms with Gasteiger partial charge in [0.2, 0.25) is 0 Å². The molecule has 0 fully saturated rings. The Morgan fingerprint density at radius 1 is 1.53 bits per heavy atom. The van der Waals surface area contributed by atoms with Gasteiger partial charge < -0.3 is 14.5 Å². The fraction of sp³-hybridized carbons (Fsp3) is 0.692. The van der Waals surface area contributed by atoms with Crippen molar-refractivity contribution in [3.05, 3.63) is 24.2 Å². The Balaban J connectivity index is 2.39. The molecule has 0 aliphatic carbocycles. The van der Waals surface area contributed by atoms with Gasteiger partial charge in [0, 0.05) is 19.7 Å². The Hall–Kier alpha value is -0.840. The van der Waals surface area contributed by atoms with Crippen LogP contribution >= 0.6 is 0 Å². The van der Waals surface area contributed by atoms with E-state index in [-0.39, 0.29) is 0 Å². The molecule has 1 aromatic rings. The van der Waals surface area contributed by atoms with Crippen molar-refractivity contribution >= 4 is 0 Å². The number of rotatable bonds is 9. The van der Waals surface area contributed by atoms with Gasteiger partial charge in [0.1, 0.15) is 5.76 Å². The Kier molecular flexibility index (Phi) is 6.93. The van der Waals surface area contributed by atoms with Crippen LogP contribution in [0.4, 0.5) is 0 Å². The molecule has 1 rings (SSSR count). The minimum Gasteiger partial charge on any atom is -0.468 e. The molecule has 1 unspecified atom stereocenters. The summed E-state index contributed by atoms with van der Waals surface area (Å²) in [4.78, 5) is 2.25. The molecule has 4 heteroatoms. The third-order valence-electron chi connectivity index (χ3n) is 2.77. The van der Waals surface area contributed by atoms with Gasteiger partial charge in [-0.05, 0) is 32.1 Å².